The Morgan fingerprint density at radius 1 is 1.26 bits per heavy atom. The largest absolute Gasteiger partial charge is 0.384 e. The Hall–Kier alpha value is -0.860. The van der Waals surface area contributed by atoms with Crippen LogP contribution in [0.1, 0.15) is 36.8 Å². The molecule has 0 radical (unpaired) electrons. The summed E-state index contributed by atoms with van der Waals surface area (Å²) in [5.41, 5.74) is 3.37. The van der Waals surface area contributed by atoms with Crippen molar-refractivity contribution in [1.82, 2.24) is 5.32 Å². The lowest BCUT2D eigenvalue weighted by molar-refractivity contribution is 0.171. The van der Waals surface area contributed by atoms with Gasteiger partial charge in [0.2, 0.25) is 0 Å². The van der Waals surface area contributed by atoms with E-state index in [2.05, 4.69) is 29.6 Å². The van der Waals surface area contributed by atoms with Crippen LogP contribution in [-0.4, -0.2) is 26.8 Å². The fraction of sp³-hybridized carbons (Fsp3) is 0.647. The number of rotatable bonds is 5. The van der Waals surface area contributed by atoms with E-state index in [-0.39, 0.29) is 0 Å². The maximum atomic E-state index is 5.41. The second-order valence-electron chi connectivity index (χ2n) is 6.31. The molecular formula is C17H25NO. The average molecular weight is 259 g/mol. The van der Waals surface area contributed by atoms with E-state index in [1.54, 1.807) is 0 Å². The monoisotopic (exact) mass is 259 g/mol. The molecule has 1 aromatic rings. The summed E-state index contributed by atoms with van der Waals surface area (Å²) < 4.78 is 5.41. The SMILES string of the molecule is COCC1(c2cccc(CC3CCNCC3)c2)CC1. The topological polar surface area (TPSA) is 21.3 Å². The van der Waals surface area contributed by atoms with Crippen molar-refractivity contribution in [2.45, 2.75) is 37.5 Å². The maximum Gasteiger partial charge on any atom is 0.0559 e. The van der Waals surface area contributed by atoms with E-state index < -0.39 is 0 Å². The van der Waals surface area contributed by atoms with Crippen LogP contribution in [0.5, 0.6) is 0 Å². The number of benzene rings is 1. The van der Waals surface area contributed by atoms with Crippen LogP contribution in [0.25, 0.3) is 0 Å². The smallest absolute Gasteiger partial charge is 0.0559 e. The van der Waals surface area contributed by atoms with Gasteiger partial charge in [-0.1, -0.05) is 24.3 Å². The van der Waals surface area contributed by atoms with Crippen molar-refractivity contribution in [2.75, 3.05) is 26.8 Å². The van der Waals surface area contributed by atoms with Gasteiger partial charge in [-0.3, -0.25) is 0 Å². The third kappa shape index (κ3) is 3.01. The summed E-state index contributed by atoms with van der Waals surface area (Å²) in [5.74, 6) is 0.870. The molecule has 1 heterocycles. The molecule has 2 fully saturated rings. The quantitative estimate of drug-likeness (QED) is 0.878. The molecule has 2 nitrogen and oxygen atoms in total. The number of methoxy groups -OCH3 is 1. The van der Waals surface area contributed by atoms with E-state index in [0.717, 1.165) is 12.5 Å². The minimum absolute atomic E-state index is 0.346. The molecule has 1 aliphatic carbocycles. The molecule has 1 saturated carbocycles. The summed E-state index contributed by atoms with van der Waals surface area (Å²) >= 11 is 0. The Bertz CT molecular complexity index is 419. The lowest BCUT2D eigenvalue weighted by Gasteiger charge is -2.23. The Labute approximate surface area is 116 Å². The van der Waals surface area contributed by atoms with Crippen LogP contribution in [-0.2, 0) is 16.6 Å². The van der Waals surface area contributed by atoms with Crippen molar-refractivity contribution >= 4 is 0 Å². The van der Waals surface area contributed by atoms with Gasteiger partial charge in [-0.15, -0.1) is 0 Å². The summed E-state index contributed by atoms with van der Waals surface area (Å²) in [6.45, 7) is 3.26. The highest BCUT2D eigenvalue weighted by Gasteiger charge is 2.44. The van der Waals surface area contributed by atoms with Gasteiger partial charge in [0.1, 0.15) is 0 Å². The number of piperidine rings is 1. The molecule has 1 saturated heterocycles. The van der Waals surface area contributed by atoms with Crippen molar-refractivity contribution in [3.63, 3.8) is 0 Å². The van der Waals surface area contributed by atoms with Crippen molar-refractivity contribution in [3.8, 4) is 0 Å². The minimum atomic E-state index is 0.346. The number of hydrogen-bond donors (Lipinski definition) is 1. The first-order chi connectivity index (χ1) is 9.32. The summed E-state index contributed by atoms with van der Waals surface area (Å²) in [6.07, 6.45) is 6.48. The van der Waals surface area contributed by atoms with Crippen LogP contribution in [0.4, 0.5) is 0 Å². The molecule has 0 bridgehead atoms. The van der Waals surface area contributed by atoms with Crippen molar-refractivity contribution in [3.05, 3.63) is 35.4 Å². The molecule has 1 aliphatic heterocycles. The van der Waals surface area contributed by atoms with E-state index in [4.69, 9.17) is 4.74 Å². The van der Waals surface area contributed by atoms with E-state index in [1.807, 2.05) is 7.11 Å². The molecule has 0 atom stereocenters. The molecule has 104 valence electrons. The zero-order chi connectivity index (χ0) is 13.1. The third-order valence-corrected chi connectivity index (χ3v) is 4.80. The Kier molecular flexibility index (Phi) is 3.90. The van der Waals surface area contributed by atoms with Crippen LogP contribution < -0.4 is 5.32 Å². The molecular weight excluding hydrogens is 234 g/mol. The molecule has 2 aliphatic rings. The maximum absolute atomic E-state index is 5.41. The molecule has 2 heteroatoms. The predicted octanol–water partition coefficient (Wildman–Crippen LogP) is 2.91. The normalized spacial score (nSPS) is 22.4. The van der Waals surface area contributed by atoms with Gasteiger partial charge in [0.15, 0.2) is 0 Å². The molecule has 1 aromatic carbocycles. The van der Waals surface area contributed by atoms with Crippen LogP contribution in [0.3, 0.4) is 0 Å². The highest BCUT2D eigenvalue weighted by Crippen LogP contribution is 2.48. The third-order valence-electron chi connectivity index (χ3n) is 4.80. The first-order valence-electron chi connectivity index (χ1n) is 7.61. The first kappa shape index (κ1) is 13.1. The minimum Gasteiger partial charge on any atom is -0.384 e. The molecule has 1 N–H and O–H groups in total. The molecule has 3 rings (SSSR count). The van der Waals surface area contributed by atoms with Crippen molar-refractivity contribution in [2.24, 2.45) is 5.92 Å². The van der Waals surface area contributed by atoms with Gasteiger partial charge >= 0.3 is 0 Å². The van der Waals surface area contributed by atoms with Gasteiger partial charge in [-0.05, 0) is 62.2 Å². The van der Waals surface area contributed by atoms with E-state index in [1.165, 1.54) is 56.3 Å². The Morgan fingerprint density at radius 2 is 2.05 bits per heavy atom. The fourth-order valence-corrected chi connectivity index (χ4v) is 3.39. The van der Waals surface area contributed by atoms with Gasteiger partial charge in [0.05, 0.1) is 6.61 Å². The first-order valence-corrected chi connectivity index (χ1v) is 7.61. The van der Waals surface area contributed by atoms with Crippen LogP contribution >= 0.6 is 0 Å². The molecule has 0 amide bonds. The fourth-order valence-electron chi connectivity index (χ4n) is 3.39. The molecule has 0 unspecified atom stereocenters. The van der Waals surface area contributed by atoms with Gasteiger partial charge in [-0.2, -0.15) is 0 Å². The van der Waals surface area contributed by atoms with E-state index in [9.17, 15) is 0 Å². The van der Waals surface area contributed by atoms with Crippen molar-refractivity contribution in [1.29, 1.82) is 0 Å². The predicted molar refractivity (Wildman–Crippen MR) is 78.5 cm³/mol. The number of nitrogens with one attached hydrogen (secondary N) is 1. The zero-order valence-corrected chi connectivity index (χ0v) is 12.0. The van der Waals surface area contributed by atoms with Crippen LogP contribution in [0.2, 0.25) is 0 Å². The van der Waals surface area contributed by atoms with Gasteiger partial charge < -0.3 is 10.1 Å². The summed E-state index contributed by atoms with van der Waals surface area (Å²) in [6, 6.07) is 9.27. The lowest BCUT2D eigenvalue weighted by atomic mass is 9.88. The molecule has 0 aromatic heterocycles. The average Bonchev–Trinajstić information content (AvgIpc) is 3.22. The summed E-state index contributed by atoms with van der Waals surface area (Å²) in [7, 11) is 1.82. The standard InChI is InChI=1S/C17H25NO/c1-19-13-17(7-8-17)16-4-2-3-15(12-16)11-14-5-9-18-10-6-14/h2-4,12,14,18H,5-11,13H2,1H3. The summed E-state index contributed by atoms with van der Waals surface area (Å²) in [5, 5.41) is 3.45. The Morgan fingerprint density at radius 3 is 2.74 bits per heavy atom. The Balaban J connectivity index is 1.69. The second-order valence-corrected chi connectivity index (χ2v) is 6.31. The second kappa shape index (κ2) is 5.64. The van der Waals surface area contributed by atoms with Crippen molar-refractivity contribution < 1.29 is 4.74 Å². The van der Waals surface area contributed by atoms with Gasteiger partial charge in [0.25, 0.3) is 0 Å². The van der Waals surface area contributed by atoms with Gasteiger partial charge in [-0.25, -0.2) is 0 Å². The lowest BCUT2D eigenvalue weighted by Crippen LogP contribution is -2.28. The van der Waals surface area contributed by atoms with Crippen LogP contribution in [0, 0.1) is 5.92 Å². The molecule has 0 spiro atoms. The van der Waals surface area contributed by atoms with Crippen LogP contribution in [0.15, 0.2) is 24.3 Å². The van der Waals surface area contributed by atoms with E-state index >= 15 is 0 Å². The highest BCUT2D eigenvalue weighted by molar-refractivity contribution is 5.35. The number of hydrogen-bond acceptors (Lipinski definition) is 2. The number of ether oxygens (including phenoxy) is 1. The van der Waals surface area contributed by atoms with Gasteiger partial charge in [0, 0.05) is 12.5 Å². The highest BCUT2D eigenvalue weighted by atomic mass is 16.5. The zero-order valence-electron chi connectivity index (χ0n) is 12.0. The molecule has 19 heavy (non-hydrogen) atoms. The summed E-state index contributed by atoms with van der Waals surface area (Å²) in [4.78, 5) is 0. The van der Waals surface area contributed by atoms with E-state index in [0.29, 0.717) is 5.41 Å².